The maximum atomic E-state index is 13.3. The van der Waals surface area contributed by atoms with Crippen LogP contribution in [0.15, 0.2) is 11.6 Å². The van der Waals surface area contributed by atoms with Crippen LogP contribution in [0.5, 0.6) is 0 Å². The third-order valence-corrected chi connectivity index (χ3v) is 9.50. The molecule has 0 aromatic heterocycles. The number of hydrogen-bond donors (Lipinski definition) is 2. The largest absolute Gasteiger partial charge is 0.396 e. The van der Waals surface area contributed by atoms with Gasteiger partial charge in [-0.3, -0.25) is 4.79 Å². The summed E-state index contributed by atoms with van der Waals surface area (Å²) >= 11 is 0. The average Bonchev–Trinajstić information content (AvgIpc) is 2.98. The van der Waals surface area contributed by atoms with Crippen LogP contribution in [0.25, 0.3) is 0 Å². The molecular formula is C24H38O3. The lowest BCUT2D eigenvalue weighted by Crippen LogP contribution is -2.53. The minimum absolute atomic E-state index is 0.125. The van der Waals surface area contributed by atoms with Crippen molar-refractivity contribution in [2.24, 2.45) is 40.4 Å². The Morgan fingerprint density at radius 2 is 1.93 bits per heavy atom. The topological polar surface area (TPSA) is 57.5 Å². The van der Waals surface area contributed by atoms with Crippen molar-refractivity contribution in [3.8, 4) is 0 Å². The van der Waals surface area contributed by atoms with Crippen LogP contribution in [0.2, 0.25) is 0 Å². The Kier molecular flexibility index (Phi) is 5.08. The van der Waals surface area contributed by atoms with E-state index in [4.69, 9.17) is 0 Å². The zero-order valence-electron chi connectivity index (χ0n) is 17.4. The average molecular weight is 375 g/mol. The summed E-state index contributed by atoms with van der Waals surface area (Å²) in [6.45, 7) is 7.51. The van der Waals surface area contributed by atoms with Gasteiger partial charge in [0.2, 0.25) is 0 Å². The molecule has 3 nitrogen and oxygen atoms in total. The molecule has 0 saturated heterocycles. The van der Waals surface area contributed by atoms with Crippen LogP contribution in [0.4, 0.5) is 0 Å². The van der Waals surface area contributed by atoms with Crippen molar-refractivity contribution in [2.45, 2.75) is 84.7 Å². The van der Waals surface area contributed by atoms with Gasteiger partial charge < -0.3 is 10.2 Å². The molecule has 0 aromatic rings. The molecule has 0 aliphatic heterocycles. The molecule has 27 heavy (non-hydrogen) atoms. The highest BCUT2D eigenvalue weighted by Crippen LogP contribution is 2.66. The van der Waals surface area contributed by atoms with Crippen molar-refractivity contribution < 1.29 is 15.0 Å². The molecule has 4 rings (SSSR count). The second kappa shape index (κ2) is 6.99. The first-order valence-corrected chi connectivity index (χ1v) is 11.3. The van der Waals surface area contributed by atoms with Gasteiger partial charge in [-0.05, 0) is 98.4 Å². The molecule has 3 fully saturated rings. The third-order valence-electron chi connectivity index (χ3n) is 9.50. The molecule has 4 aliphatic carbocycles. The van der Waals surface area contributed by atoms with Gasteiger partial charge in [0.1, 0.15) is 0 Å². The van der Waals surface area contributed by atoms with Crippen LogP contribution in [0.1, 0.15) is 78.6 Å². The van der Waals surface area contributed by atoms with E-state index in [1.54, 1.807) is 0 Å². The van der Waals surface area contributed by atoms with Gasteiger partial charge in [0.25, 0.3) is 0 Å². The highest BCUT2D eigenvalue weighted by Gasteiger charge is 2.61. The van der Waals surface area contributed by atoms with Gasteiger partial charge in [0, 0.05) is 12.5 Å². The molecule has 0 heterocycles. The molecule has 4 aliphatic rings. The molecule has 0 aromatic carbocycles. The molecule has 152 valence electrons. The first kappa shape index (κ1) is 19.6. The predicted octanol–water partition coefficient (Wildman–Crippen LogP) is 4.51. The van der Waals surface area contributed by atoms with Crippen molar-refractivity contribution in [3.05, 3.63) is 11.6 Å². The number of allylic oxidation sites excluding steroid dienone is 1. The van der Waals surface area contributed by atoms with Crippen LogP contribution in [0, 0.1) is 40.4 Å². The van der Waals surface area contributed by atoms with Gasteiger partial charge in [-0.1, -0.05) is 26.3 Å². The highest BCUT2D eigenvalue weighted by atomic mass is 16.3. The lowest BCUT2D eigenvalue weighted by molar-refractivity contribution is -0.135. The van der Waals surface area contributed by atoms with Crippen molar-refractivity contribution >= 4 is 5.78 Å². The van der Waals surface area contributed by atoms with Crippen LogP contribution < -0.4 is 0 Å². The molecule has 2 N–H and O–H groups in total. The lowest BCUT2D eigenvalue weighted by atomic mass is 9.46. The summed E-state index contributed by atoms with van der Waals surface area (Å²) in [5.74, 6) is 2.88. The van der Waals surface area contributed by atoms with Gasteiger partial charge in [-0.15, -0.1) is 0 Å². The molecule has 8 atom stereocenters. The van der Waals surface area contributed by atoms with Crippen LogP contribution >= 0.6 is 0 Å². The Balaban J connectivity index is 1.62. The first-order valence-electron chi connectivity index (χ1n) is 11.3. The summed E-state index contributed by atoms with van der Waals surface area (Å²) in [6, 6.07) is 0. The molecule has 0 spiro atoms. The number of rotatable bonds is 4. The lowest BCUT2D eigenvalue weighted by Gasteiger charge is -2.57. The maximum absolute atomic E-state index is 13.3. The molecule has 0 unspecified atom stereocenters. The Labute approximate surface area is 164 Å². The van der Waals surface area contributed by atoms with Crippen LogP contribution in [-0.4, -0.2) is 28.7 Å². The number of aliphatic hydroxyl groups excluding tert-OH is 2. The number of hydrogen-bond acceptors (Lipinski definition) is 3. The van der Waals surface area contributed by atoms with Crippen molar-refractivity contribution in [3.63, 3.8) is 0 Å². The summed E-state index contributed by atoms with van der Waals surface area (Å²) in [7, 11) is 0. The van der Waals surface area contributed by atoms with Gasteiger partial charge in [0.05, 0.1) is 6.10 Å². The number of fused-ring (bicyclic) bond motifs is 5. The number of carbonyl (C=O) groups is 1. The first-order chi connectivity index (χ1) is 12.8. The Morgan fingerprint density at radius 1 is 1.15 bits per heavy atom. The van der Waals surface area contributed by atoms with Crippen molar-refractivity contribution in [1.82, 2.24) is 0 Å². The van der Waals surface area contributed by atoms with Gasteiger partial charge in [-0.2, -0.15) is 0 Å². The van der Waals surface area contributed by atoms with E-state index in [1.165, 1.54) is 24.8 Å². The van der Waals surface area contributed by atoms with E-state index >= 15 is 0 Å². The zero-order valence-corrected chi connectivity index (χ0v) is 17.4. The highest BCUT2D eigenvalue weighted by molar-refractivity contribution is 5.94. The SMILES string of the molecule is C[C@@H](CCCO)[C@H]1CC[C@H]2[C@@H]3C(=O)C=C4C[C@@H](O)CC[C@]4(C)[C@H]3CC[C@]12C. The van der Waals surface area contributed by atoms with E-state index in [0.29, 0.717) is 35.9 Å². The number of aliphatic hydroxyl groups is 2. The van der Waals surface area contributed by atoms with E-state index in [9.17, 15) is 15.0 Å². The van der Waals surface area contributed by atoms with Gasteiger partial charge in [-0.25, -0.2) is 0 Å². The Morgan fingerprint density at radius 3 is 2.67 bits per heavy atom. The monoisotopic (exact) mass is 374 g/mol. The summed E-state index contributed by atoms with van der Waals surface area (Å²) in [6.07, 6.45) is 11.2. The molecule has 0 bridgehead atoms. The fourth-order valence-corrected chi connectivity index (χ4v) is 7.97. The molecule has 0 amide bonds. The van der Waals surface area contributed by atoms with E-state index < -0.39 is 0 Å². The fourth-order valence-electron chi connectivity index (χ4n) is 7.97. The summed E-state index contributed by atoms with van der Waals surface area (Å²) in [5.41, 5.74) is 1.64. The predicted molar refractivity (Wildman–Crippen MR) is 107 cm³/mol. The van der Waals surface area contributed by atoms with Gasteiger partial charge in [0.15, 0.2) is 5.78 Å². The summed E-state index contributed by atoms with van der Waals surface area (Å²) < 4.78 is 0. The van der Waals surface area contributed by atoms with Crippen molar-refractivity contribution in [1.29, 1.82) is 0 Å². The minimum atomic E-state index is -0.259. The molecule has 3 saturated carbocycles. The van der Waals surface area contributed by atoms with Crippen LogP contribution in [0.3, 0.4) is 0 Å². The molecule has 0 radical (unpaired) electrons. The van der Waals surface area contributed by atoms with E-state index in [2.05, 4.69) is 20.8 Å². The Hall–Kier alpha value is -0.670. The van der Waals surface area contributed by atoms with E-state index in [1.807, 2.05) is 6.08 Å². The normalized spacial score (nSPS) is 47.7. The van der Waals surface area contributed by atoms with E-state index in [0.717, 1.165) is 32.1 Å². The Bertz CT molecular complexity index is 625. The van der Waals surface area contributed by atoms with Crippen LogP contribution in [-0.2, 0) is 4.79 Å². The smallest absolute Gasteiger partial charge is 0.159 e. The van der Waals surface area contributed by atoms with E-state index in [-0.39, 0.29) is 29.5 Å². The standard InChI is InChI=1S/C24H38O3/c1-15(5-4-12-25)18-6-7-19-22-20(9-11-24(18,19)3)23(2)10-8-17(26)13-16(23)14-21(22)27/h14-15,17-20,22,25-26H,4-13H2,1-3H3/t15-,17-,18+,19-,20-,22-,23-,24+/m0/s1. The fraction of sp³-hybridized carbons (Fsp3) is 0.875. The molecular weight excluding hydrogens is 336 g/mol. The number of ketones is 1. The molecule has 3 heteroatoms. The third kappa shape index (κ3) is 2.95. The zero-order chi connectivity index (χ0) is 19.4. The van der Waals surface area contributed by atoms with Crippen molar-refractivity contribution in [2.75, 3.05) is 6.61 Å². The second-order valence-electron chi connectivity index (χ2n) is 10.7. The summed E-state index contributed by atoms with van der Waals surface area (Å²) in [5, 5.41) is 19.4. The minimum Gasteiger partial charge on any atom is -0.396 e. The quantitative estimate of drug-likeness (QED) is 0.761. The summed E-state index contributed by atoms with van der Waals surface area (Å²) in [4.78, 5) is 13.3. The second-order valence-corrected chi connectivity index (χ2v) is 10.7. The van der Waals surface area contributed by atoms with Gasteiger partial charge >= 0.3 is 0 Å². The number of carbonyl (C=O) groups excluding carboxylic acids is 1. The maximum Gasteiger partial charge on any atom is 0.159 e.